The Morgan fingerprint density at radius 3 is 2.30 bits per heavy atom. The van der Waals surface area contributed by atoms with Crippen LogP contribution in [0.4, 0.5) is 21.9 Å². The predicted octanol–water partition coefficient (Wildman–Crippen LogP) is 3.68. The zero-order chi connectivity index (χ0) is 14.5. The molecule has 0 radical (unpaired) electrons. The van der Waals surface area contributed by atoms with E-state index in [1.165, 1.54) is 0 Å². The SMILES string of the molecule is COc1ccc(NC(=O)Nc2ccc(N)cc2)cc1Br. The van der Waals surface area contributed by atoms with Crippen LogP contribution in [0.25, 0.3) is 0 Å². The van der Waals surface area contributed by atoms with Gasteiger partial charge in [-0.15, -0.1) is 0 Å². The van der Waals surface area contributed by atoms with Crippen molar-refractivity contribution < 1.29 is 9.53 Å². The molecule has 6 heteroatoms. The Morgan fingerprint density at radius 1 is 1.10 bits per heavy atom. The van der Waals surface area contributed by atoms with E-state index >= 15 is 0 Å². The summed E-state index contributed by atoms with van der Waals surface area (Å²) in [5.74, 6) is 0.703. The lowest BCUT2D eigenvalue weighted by atomic mass is 10.3. The number of nitrogen functional groups attached to an aromatic ring is 1. The third-order valence-corrected chi connectivity index (χ3v) is 3.20. The first-order valence-corrected chi connectivity index (χ1v) is 6.65. The summed E-state index contributed by atoms with van der Waals surface area (Å²) >= 11 is 3.36. The molecule has 4 N–H and O–H groups in total. The molecule has 0 heterocycles. The fourth-order valence-corrected chi connectivity index (χ4v) is 2.14. The molecule has 104 valence electrons. The minimum Gasteiger partial charge on any atom is -0.496 e. The number of ether oxygens (including phenoxy) is 1. The number of rotatable bonds is 3. The number of nitrogens with two attached hydrogens (primary N) is 1. The van der Waals surface area contributed by atoms with E-state index in [1.807, 2.05) is 0 Å². The van der Waals surface area contributed by atoms with E-state index in [0.29, 0.717) is 22.8 Å². The Hall–Kier alpha value is -2.21. The minimum atomic E-state index is -0.327. The molecule has 0 bridgehead atoms. The highest BCUT2D eigenvalue weighted by molar-refractivity contribution is 9.10. The molecule has 20 heavy (non-hydrogen) atoms. The maximum absolute atomic E-state index is 11.8. The van der Waals surface area contributed by atoms with E-state index < -0.39 is 0 Å². The monoisotopic (exact) mass is 335 g/mol. The topological polar surface area (TPSA) is 76.4 Å². The van der Waals surface area contributed by atoms with Gasteiger partial charge in [-0.05, 0) is 58.4 Å². The van der Waals surface area contributed by atoms with Gasteiger partial charge in [0.25, 0.3) is 0 Å². The van der Waals surface area contributed by atoms with Crippen LogP contribution in [0.1, 0.15) is 0 Å². The molecule has 0 aliphatic rings. The molecule has 2 aromatic carbocycles. The van der Waals surface area contributed by atoms with E-state index in [0.717, 1.165) is 4.47 Å². The van der Waals surface area contributed by atoms with Crippen molar-refractivity contribution >= 4 is 39.0 Å². The maximum atomic E-state index is 11.8. The number of benzene rings is 2. The Bertz CT molecular complexity index is 614. The lowest BCUT2D eigenvalue weighted by Gasteiger charge is -2.09. The molecule has 0 aliphatic heterocycles. The van der Waals surface area contributed by atoms with Crippen LogP contribution in [0.5, 0.6) is 5.75 Å². The fraction of sp³-hybridized carbons (Fsp3) is 0.0714. The van der Waals surface area contributed by atoms with Crippen molar-refractivity contribution in [2.24, 2.45) is 0 Å². The highest BCUT2D eigenvalue weighted by Gasteiger charge is 2.05. The molecular formula is C14H14BrN3O2. The Morgan fingerprint density at radius 2 is 1.70 bits per heavy atom. The molecule has 2 amide bonds. The first-order valence-electron chi connectivity index (χ1n) is 5.85. The summed E-state index contributed by atoms with van der Waals surface area (Å²) in [4.78, 5) is 11.8. The number of carbonyl (C=O) groups is 1. The van der Waals surface area contributed by atoms with Gasteiger partial charge < -0.3 is 21.1 Å². The first-order chi connectivity index (χ1) is 9.58. The van der Waals surface area contributed by atoms with Crippen molar-refractivity contribution in [2.45, 2.75) is 0 Å². The lowest BCUT2D eigenvalue weighted by molar-refractivity contribution is 0.262. The van der Waals surface area contributed by atoms with Gasteiger partial charge in [-0.3, -0.25) is 0 Å². The van der Waals surface area contributed by atoms with Crippen LogP contribution in [0, 0.1) is 0 Å². The smallest absolute Gasteiger partial charge is 0.323 e. The molecular weight excluding hydrogens is 322 g/mol. The van der Waals surface area contributed by atoms with Crippen molar-refractivity contribution in [3.63, 3.8) is 0 Å². The number of nitrogens with one attached hydrogen (secondary N) is 2. The third kappa shape index (κ3) is 3.64. The van der Waals surface area contributed by atoms with Crippen LogP contribution in [-0.4, -0.2) is 13.1 Å². The molecule has 0 aromatic heterocycles. The maximum Gasteiger partial charge on any atom is 0.323 e. The first kappa shape index (κ1) is 14.2. The predicted molar refractivity (Wildman–Crippen MR) is 84.2 cm³/mol. The van der Waals surface area contributed by atoms with Crippen molar-refractivity contribution in [1.82, 2.24) is 0 Å². The van der Waals surface area contributed by atoms with Gasteiger partial charge in [0, 0.05) is 17.1 Å². The Labute approximate surface area is 125 Å². The van der Waals surface area contributed by atoms with E-state index in [4.69, 9.17) is 10.5 Å². The second-order valence-electron chi connectivity index (χ2n) is 4.05. The average molecular weight is 336 g/mol. The summed E-state index contributed by atoms with van der Waals surface area (Å²) in [6, 6.07) is 11.9. The highest BCUT2D eigenvalue weighted by atomic mass is 79.9. The summed E-state index contributed by atoms with van der Waals surface area (Å²) in [6.07, 6.45) is 0. The van der Waals surface area contributed by atoms with Gasteiger partial charge in [-0.25, -0.2) is 4.79 Å². The number of amides is 2. The van der Waals surface area contributed by atoms with Gasteiger partial charge >= 0.3 is 6.03 Å². The summed E-state index contributed by atoms with van der Waals surface area (Å²) in [5.41, 5.74) is 7.56. The standard InChI is InChI=1S/C14H14BrN3O2/c1-20-13-7-6-11(8-12(13)15)18-14(19)17-10-4-2-9(16)3-5-10/h2-8H,16H2,1H3,(H2,17,18,19). The Balaban J connectivity index is 2.01. The summed E-state index contributed by atoms with van der Waals surface area (Å²) in [6.45, 7) is 0. The van der Waals surface area contributed by atoms with Gasteiger partial charge in [0.2, 0.25) is 0 Å². The molecule has 0 spiro atoms. The van der Waals surface area contributed by atoms with Crippen molar-refractivity contribution in [2.75, 3.05) is 23.5 Å². The van der Waals surface area contributed by atoms with Gasteiger partial charge in [0.05, 0.1) is 11.6 Å². The number of carbonyl (C=O) groups excluding carboxylic acids is 1. The number of hydrogen-bond acceptors (Lipinski definition) is 3. The molecule has 0 unspecified atom stereocenters. The summed E-state index contributed by atoms with van der Waals surface area (Å²) in [5, 5.41) is 5.44. The lowest BCUT2D eigenvalue weighted by Crippen LogP contribution is -2.19. The fourth-order valence-electron chi connectivity index (χ4n) is 1.60. The molecule has 0 saturated carbocycles. The molecule has 0 atom stereocenters. The number of hydrogen-bond donors (Lipinski definition) is 3. The average Bonchev–Trinajstić information content (AvgIpc) is 2.41. The quantitative estimate of drug-likeness (QED) is 0.748. The van der Waals surface area contributed by atoms with Crippen molar-refractivity contribution in [3.05, 3.63) is 46.9 Å². The van der Waals surface area contributed by atoms with E-state index in [2.05, 4.69) is 26.6 Å². The molecule has 2 rings (SSSR count). The third-order valence-electron chi connectivity index (χ3n) is 2.58. The number of urea groups is 1. The summed E-state index contributed by atoms with van der Waals surface area (Å²) < 4.78 is 5.89. The largest absolute Gasteiger partial charge is 0.496 e. The zero-order valence-electron chi connectivity index (χ0n) is 10.8. The molecule has 2 aromatic rings. The van der Waals surface area contributed by atoms with Crippen molar-refractivity contribution in [3.8, 4) is 5.75 Å². The number of halogens is 1. The van der Waals surface area contributed by atoms with Crippen LogP contribution >= 0.6 is 15.9 Å². The van der Waals surface area contributed by atoms with Crippen LogP contribution < -0.4 is 21.1 Å². The van der Waals surface area contributed by atoms with Crippen LogP contribution in [0.2, 0.25) is 0 Å². The molecule has 5 nitrogen and oxygen atoms in total. The van der Waals surface area contributed by atoms with Crippen molar-refractivity contribution in [1.29, 1.82) is 0 Å². The van der Waals surface area contributed by atoms with E-state index in [1.54, 1.807) is 49.6 Å². The van der Waals surface area contributed by atoms with Crippen LogP contribution in [0.15, 0.2) is 46.9 Å². The van der Waals surface area contributed by atoms with Crippen LogP contribution in [-0.2, 0) is 0 Å². The van der Waals surface area contributed by atoms with Gasteiger partial charge in [0.1, 0.15) is 5.75 Å². The van der Waals surface area contributed by atoms with Gasteiger partial charge in [-0.2, -0.15) is 0 Å². The second kappa shape index (κ2) is 6.29. The summed E-state index contributed by atoms with van der Waals surface area (Å²) in [7, 11) is 1.58. The number of anilines is 3. The molecule has 0 fully saturated rings. The van der Waals surface area contributed by atoms with Crippen LogP contribution in [0.3, 0.4) is 0 Å². The minimum absolute atomic E-state index is 0.327. The van der Waals surface area contributed by atoms with Gasteiger partial charge in [-0.1, -0.05) is 0 Å². The Kier molecular flexibility index (Phi) is 4.47. The van der Waals surface area contributed by atoms with Gasteiger partial charge in [0.15, 0.2) is 0 Å². The molecule has 0 aliphatic carbocycles. The van der Waals surface area contributed by atoms with E-state index in [-0.39, 0.29) is 6.03 Å². The normalized spacial score (nSPS) is 9.90. The highest BCUT2D eigenvalue weighted by Crippen LogP contribution is 2.27. The molecule has 0 saturated heterocycles. The second-order valence-corrected chi connectivity index (χ2v) is 4.90. The zero-order valence-corrected chi connectivity index (χ0v) is 12.4. The van der Waals surface area contributed by atoms with E-state index in [9.17, 15) is 4.79 Å². The number of methoxy groups -OCH3 is 1.